The van der Waals surface area contributed by atoms with Gasteiger partial charge in [-0.2, -0.15) is 0 Å². The molecule has 3 rings (SSSR count). The number of carboxylic acid groups (broad SMARTS) is 1. The molecule has 35 heavy (non-hydrogen) atoms. The maximum atomic E-state index is 13.2. The number of hydrogen-bond donors (Lipinski definition) is 2. The molecule has 2 aromatic carbocycles. The molecule has 1 aliphatic rings. The number of methoxy groups -OCH3 is 2. The molecule has 0 spiro atoms. The van der Waals surface area contributed by atoms with Gasteiger partial charge in [0.2, 0.25) is 0 Å². The number of hydrogen-bond acceptors (Lipinski definition) is 6. The minimum Gasteiger partial charge on any atom is -0.497 e. The highest BCUT2D eigenvalue weighted by Crippen LogP contribution is 2.36. The largest absolute Gasteiger partial charge is 0.497 e. The first-order chi connectivity index (χ1) is 16.7. The lowest BCUT2D eigenvalue weighted by Crippen LogP contribution is -2.58. The van der Waals surface area contributed by atoms with Gasteiger partial charge in [-0.15, -0.1) is 0 Å². The molecule has 1 atom stereocenters. The molecule has 3 amide bonds. The Morgan fingerprint density at radius 1 is 1.11 bits per heavy atom. The van der Waals surface area contributed by atoms with Crippen LogP contribution < -0.4 is 19.7 Å². The second-order valence-electron chi connectivity index (χ2n) is 7.85. The van der Waals surface area contributed by atoms with E-state index in [0.717, 1.165) is 10.5 Å². The molecule has 0 saturated carbocycles. The summed E-state index contributed by atoms with van der Waals surface area (Å²) in [7, 11) is 4.57. The normalized spacial score (nSPS) is 15.4. The highest BCUT2D eigenvalue weighted by molar-refractivity contribution is 6.19. The van der Waals surface area contributed by atoms with Crippen molar-refractivity contribution in [2.45, 2.75) is 19.4 Å². The third-order valence-corrected chi connectivity index (χ3v) is 5.65. The number of aliphatic carboxylic acids is 1. The van der Waals surface area contributed by atoms with Crippen LogP contribution in [0.3, 0.4) is 0 Å². The Labute approximate surface area is 202 Å². The van der Waals surface area contributed by atoms with E-state index in [2.05, 4.69) is 5.32 Å². The van der Waals surface area contributed by atoms with Gasteiger partial charge in [0.1, 0.15) is 11.5 Å². The number of amides is 3. The fourth-order valence-electron chi connectivity index (χ4n) is 3.71. The third kappa shape index (κ3) is 5.43. The number of carboxylic acids is 1. The predicted molar refractivity (Wildman–Crippen MR) is 128 cm³/mol. The highest BCUT2D eigenvalue weighted by atomic mass is 16.5. The number of anilines is 1. The van der Waals surface area contributed by atoms with Crippen LogP contribution >= 0.6 is 0 Å². The van der Waals surface area contributed by atoms with Crippen LogP contribution in [0.25, 0.3) is 11.1 Å². The van der Waals surface area contributed by atoms with Crippen molar-refractivity contribution in [3.63, 3.8) is 0 Å². The first-order valence-electron chi connectivity index (χ1n) is 10.8. The van der Waals surface area contributed by atoms with E-state index in [0.29, 0.717) is 22.8 Å². The van der Waals surface area contributed by atoms with Gasteiger partial charge in [0, 0.05) is 36.6 Å². The van der Waals surface area contributed by atoms with Crippen LogP contribution in [0.5, 0.6) is 11.5 Å². The van der Waals surface area contributed by atoms with Crippen LogP contribution in [0.2, 0.25) is 0 Å². The number of nitrogens with zero attached hydrogens (tertiary/aromatic N) is 2. The SMILES string of the molecule is COc1cccc(-c2cc(N(C(=O)NCCC(=O)O)[C@H]3C(=O)C=C(C)N(C)C3=O)ccc2OC)c1. The fraction of sp³-hybridized carbons (Fsp3) is 0.280. The maximum absolute atomic E-state index is 13.2. The quantitative estimate of drug-likeness (QED) is 0.555. The van der Waals surface area contributed by atoms with Crippen molar-refractivity contribution >= 4 is 29.4 Å². The molecule has 2 aromatic rings. The van der Waals surface area contributed by atoms with E-state index in [1.807, 2.05) is 6.07 Å². The summed E-state index contributed by atoms with van der Waals surface area (Å²) in [5, 5.41) is 11.4. The second kappa shape index (κ2) is 10.7. The molecule has 184 valence electrons. The van der Waals surface area contributed by atoms with Crippen LogP contribution in [0, 0.1) is 0 Å². The smallest absolute Gasteiger partial charge is 0.323 e. The van der Waals surface area contributed by atoms with E-state index in [1.54, 1.807) is 50.4 Å². The summed E-state index contributed by atoms with van der Waals surface area (Å²) in [4.78, 5) is 52.6. The van der Waals surface area contributed by atoms with Crippen molar-refractivity contribution < 1.29 is 33.8 Å². The van der Waals surface area contributed by atoms with Gasteiger partial charge in [-0.3, -0.25) is 19.3 Å². The Morgan fingerprint density at radius 3 is 2.51 bits per heavy atom. The zero-order chi connectivity index (χ0) is 25.7. The van der Waals surface area contributed by atoms with Gasteiger partial charge in [-0.1, -0.05) is 12.1 Å². The monoisotopic (exact) mass is 481 g/mol. The van der Waals surface area contributed by atoms with E-state index in [4.69, 9.17) is 14.6 Å². The molecule has 0 radical (unpaired) electrons. The van der Waals surface area contributed by atoms with Gasteiger partial charge in [-0.05, 0) is 42.8 Å². The topological polar surface area (TPSA) is 125 Å². The molecule has 0 fully saturated rings. The number of carbonyl (C=O) groups is 4. The van der Waals surface area contributed by atoms with Crippen LogP contribution in [-0.2, 0) is 14.4 Å². The molecule has 10 heteroatoms. The first kappa shape index (κ1) is 25.3. The first-order valence-corrected chi connectivity index (χ1v) is 10.8. The Hall–Kier alpha value is -4.34. The van der Waals surface area contributed by atoms with Crippen molar-refractivity contribution in [3.8, 4) is 22.6 Å². The number of carbonyl (C=O) groups excluding carboxylic acids is 3. The molecule has 10 nitrogen and oxygen atoms in total. The summed E-state index contributed by atoms with van der Waals surface area (Å²) < 4.78 is 10.8. The number of likely N-dealkylation sites (N-methyl/N-ethyl adjacent to an activating group) is 1. The van der Waals surface area contributed by atoms with Crippen LogP contribution in [0.15, 0.2) is 54.2 Å². The lowest BCUT2D eigenvalue weighted by Gasteiger charge is -2.35. The highest BCUT2D eigenvalue weighted by Gasteiger charge is 2.41. The maximum Gasteiger partial charge on any atom is 0.323 e. The molecule has 2 N–H and O–H groups in total. The molecular weight excluding hydrogens is 454 g/mol. The summed E-state index contributed by atoms with van der Waals surface area (Å²) in [6.45, 7) is 1.45. The van der Waals surface area contributed by atoms with Crippen LogP contribution in [-0.4, -0.2) is 67.6 Å². The summed E-state index contributed by atoms with van der Waals surface area (Å²) in [6, 6.07) is 9.79. The number of allylic oxidation sites excluding steroid dienone is 1. The Balaban J connectivity index is 2.12. The van der Waals surface area contributed by atoms with E-state index in [9.17, 15) is 19.2 Å². The van der Waals surface area contributed by atoms with Crippen LogP contribution in [0.4, 0.5) is 10.5 Å². The number of ketones is 1. The molecule has 1 heterocycles. The minimum absolute atomic E-state index is 0.177. The summed E-state index contributed by atoms with van der Waals surface area (Å²) in [5.74, 6) is -1.12. The van der Waals surface area contributed by atoms with E-state index >= 15 is 0 Å². The number of nitrogens with one attached hydrogen (secondary N) is 1. The number of ether oxygens (including phenoxy) is 2. The molecule has 0 unspecified atom stereocenters. The van der Waals surface area contributed by atoms with Gasteiger partial charge in [0.15, 0.2) is 11.8 Å². The second-order valence-corrected chi connectivity index (χ2v) is 7.85. The molecule has 0 aromatic heterocycles. The van der Waals surface area contributed by atoms with Crippen molar-refractivity contribution in [1.82, 2.24) is 10.2 Å². The fourth-order valence-corrected chi connectivity index (χ4v) is 3.71. The van der Waals surface area contributed by atoms with Gasteiger partial charge >= 0.3 is 12.0 Å². The molecule has 0 saturated heterocycles. The van der Waals surface area contributed by atoms with E-state index in [1.165, 1.54) is 25.1 Å². The number of benzene rings is 2. The minimum atomic E-state index is -1.46. The Bertz CT molecular complexity index is 1190. The standard InChI is InChI=1S/C25H27N3O7/c1-15-12-20(29)23(24(32)27(15)2)28(25(33)26-11-10-22(30)31)17-8-9-21(35-4)19(14-17)16-6-5-7-18(13-16)34-3/h5-9,12-14,23H,10-11H2,1-4H3,(H,26,33)(H,30,31)/t23-/m0/s1. The average molecular weight is 482 g/mol. The lowest BCUT2D eigenvalue weighted by molar-refractivity contribution is -0.137. The van der Waals surface area contributed by atoms with Crippen LogP contribution in [0.1, 0.15) is 13.3 Å². The summed E-state index contributed by atoms with van der Waals surface area (Å²) in [6.07, 6.45) is 0.985. The van der Waals surface area contributed by atoms with E-state index < -0.39 is 29.7 Å². The number of rotatable bonds is 8. The molecule has 1 aliphatic heterocycles. The van der Waals surface area contributed by atoms with E-state index in [-0.39, 0.29) is 18.7 Å². The summed E-state index contributed by atoms with van der Waals surface area (Å²) >= 11 is 0. The van der Waals surface area contributed by atoms with Gasteiger partial charge < -0.3 is 24.8 Å². The zero-order valence-electron chi connectivity index (χ0n) is 19.9. The third-order valence-electron chi connectivity index (χ3n) is 5.65. The Kier molecular flexibility index (Phi) is 7.75. The van der Waals surface area contributed by atoms with Gasteiger partial charge in [0.25, 0.3) is 5.91 Å². The zero-order valence-corrected chi connectivity index (χ0v) is 19.9. The van der Waals surface area contributed by atoms with Crippen molar-refractivity contribution in [1.29, 1.82) is 0 Å². The number of urea groups is 1. The van der Waals surface area contributed by atoms with Gasteiger partial charge in [-0.25, -0.2) is 4.79 Å². The lowest BCUT2D eigenvalue weighted by atomic mass is 10.00. The van der Waals surface area contributed by atoms with Crippen molar-refractivity contribution in [3.05, 3.63) is 54.2 Å². The average Bonchev–Trinajstić information content (AvgIpc) is 2.84. The summed E-state index contributed by atoms with van der Waals surface area (Å²) in [5.41, 5.74) is 2.03. The predicted octanol–water partition coefficient (Wildman–Crippen LogP) is 2.68. The molecule has 0 aliphatic carbocycles. The molecular formula is C25H27N3O7. The Morgan fingerprint density at radius 2 is 1.86 bits per heavy atom. The van der Waals surface area contributed by atoms with Crippen molar-refractivity contribution in [2.75, 3.05) is 32.7 Å². The van der Waals surface area contributed by atoms with Crippen molar-refractivity contribution in [2.24, 2.45) is 0 Å². The van der Waals surface area contributed by atoms with Gasteiger partial charge in [0.05, 0.1) is 20.6 Å². The molecule has 0 bridgehead atoms.